The van der Waals surface area contributed by atoms with Gasteiger partial charge in [-0.2, -0.15) is 18.4 Å². The average Bonchev–Trinajstić information content (AvgIpc) is 2.88. The Kier molecular flexibility index (Phi) is 8.07. The summed E-state index contributed by atoms with van der Waals surface area (Å²) in [4.78, 5) is 17.1. The molecule has 1 N–H and O–H groups in total. The van der Waals surface area contributed by atoms with E-state index in [0.717, 1.165) is 38.4 Å². The van der Waals surface area contributed by atoms with E-state index in [1.807, 2.05) is 4.90 Å². The van der Waals surface area contributed by atoms with Gasteiger partial charge < -0.3 is 15.1 Å². The minimum Gasteiger partial charge on any atom is -0.382 e. The molecule has 0 saturated carbocycles. The number of nitrogens with one attached hydrogen (secondary N) is 1. The van der Waals surface area contributed by atoms with Crippen molar-refractivity contribution in [2.45, 2.75) is 57.7 Å². The van der Waals surface area contributed by atoms with E-state index in [-0.39, 0.29) is 17.5 Å². The first-order chi connectivity index (χ1) is 17.2. The van der Waals surface area contributed by atoms with Gasteiger partial charge in [-0.3, -0.25) is 4.79 Å². The first-order valence-corrected chi connectivity index (χ1v) is 12.7. The number of rotatable bonds is 6. The Balaban J connectivity index is 1.19. The van der Waals surface area contributed by atoms with Crippen LogP contribution in [-0.4, -0.2) is 43.0 Å². The fourth-order valence-corrected chi connectivity index (χ4v) is 5.20. The molecule has 5 nitrogen and oxygen atoms in total. The summed E-state index contributed by atoms with van der Waals surface area (Å²) in [5.74, 6) is 0.737. The predicted molar refractivity (Wildman–Crippen MR) is 135 cm³/mol. The zero-order chi connectivity index (χ0) is 25.7. The number of nitrogens with zero attached hydrogens (tertiary/aromatic N) is 3. The zero-order valence-corrected chi connectivity index (χ0v) is 20.7. The highest BCUT2D eigenvalue weighted by Crippen LogP contribution is 2.34. The summed E-state index contributed by atoms with van der Waals surface area (Å²) in [5, 5.41) is 12.1. The lowest BCUT2D eigenvalue weighted by Gasteiger charge is -2.35. The third kappa shape index (κ3) is 6.51. The zero-order valence-electron chi connectivity index (χ0n) is 20.7. The van der Waals surface area contributed by atoms with Gasteiger partial charge in [-0.15, -0.1) is 0 Å². The summed E-state index contributed by atoms with van der Waals surface area (Å²) in [6.45, 7) is 5.33. The molecule has 2 saturated heterocycles. The predicted octanol–water partition coefficient (Wildman–Crippen LogP) is 5.99. The lowest BCUT2D eigenvalue weighted by atomic mass is 9.91. The lowest BCUT2D eigenvalue weighted by molar-refractivity contribution is -0.137. The maximum atomic E-state index is 13.2. The Morgan fingerprint density at radius 2 is 1.69 bits per heavy atom. The molecule has 0 aromatic heterocycles. The normalized spacial score (nSPS) is 17.6. The molecule has 0 bridgehead atoms. The number of likely N-dealkylation sites (tertiary alicyclic amines) is 1. The second-order valence-corrected chi connectivity index (χ2v) is 9.97. The highest BCUT2D eigenvalue weighted by Gasteiger charge is 2.34. The van der Waals surface area contributed by atoms with Gasteiger partial charge in [0.2, 0.25) is 5.91 Å². The number of halogens is 3. The number of hydrogen-bond donors (Lipinski definition) is 1. The van der Waals surface area contributed by atoms with Crippen molar-refractivity contribution in [1.82, 2.24) is 4.90 Å². The second kappa shape index (κ2) is 11.2. The van der Waals surface area contributed by atoms with E-state index in [1.165, 1.54) is 23.4 Å². The number of carbonyl (C=O) groups excluding carboxylic acids is 1. The molecular weight excluding hydrogens is 465 g/mol. The summed E-state index contributed by atoms with van der Waals surface area (Å²) < 4.78 is 39.7. The molecule has 1 amide bonds. The van der Waals surface area contributed by atoms with Gasteiger partial charge in [0.25, 0.3) is 0 Å². The average molecular weight is 499 g/mol. The third-order valence-electron chi connectivity index (χ3n) is 7.44. The molecule has 0 unspecified atom stereocenters. The van der Waals surface area contributed by atoms with Crippen molar-refractivity contribution in [3.05, 3.63) is 59.2 Å². The summed E-state index contributed by atoms with van der Waals surface area (Å²) in [6, 6.07) is 13.9. The summed E-state index contributed by atoms with van der Waals surface area (Å²) >= 11 is 0. The molecule has 4 rings (SSSR count). The summed E-state index contributed by atoms with van der Waals surface area (Å²) in [6.07, 6.45) is 0.442. The van der Waals surface area contributed by atoms with Crippen LogP contribution in [0.2, 0.25) is 0 Å². The van der Waals surface area contributed by atoms with Crippen molar-refractivity contribution in [3.8, 4) is 6.07 Å². The molecule has 0 radical (unpaired) electrons. The monoisotopic (exact) mass is 498 g/mol. The number of hydrogen-bond acceptors (Lipinski definition) is 4. The van der Waals surface area contributed by atoms with Gasteiger partial charge in [-0.1, -0.05) is 17.7 Å². The van der Waals surface area contributed by atoms with E-state index < -0.39 is 11.7 Å². The van der Waals surface area contributed by atoms with Crippen molar-refractivity contribution in [2.24, 2.45) is 5.92 Å². The van der Waals surface area contributed by atoms with E-state index in [9.17, 15) is 18.0 Å². The van der Waals surface area contributed by atoms with Gasteiger partial charge >= 0.3 is 6.18 Å². The van der Waals surface area contributed by atoms with E-state index in [2.05, 4.69) is 41.4 Å². The topological polar surface area (TPSA) is 59.4 Å². The minimum absolute atomic E-state index is 0.00540. The number of piperidine rings is 2. The second-order valence-electron chi connectivity index (χ2n) is 9.97. The van der Waals surface area contributed by atoms with Crippen LogP contribution in [-0.2, 0) is 11.0 Å². The summed E-state index contributed by atoms with van der Waals surface area (Å²) in [7, 11) is 0. The van der Waals surface area contributed by atoms with Gasteiger partial charge in [-0.25, -0.2) is 0 Å². The highest BCUT2D eigenvalue weighted by molar-refractivity contribution is 5.76. The van der Waals surface area contributed by atoms with E-state index in [4.69, 9.17) is 5.26 Å². The van der Waals surface area contributed by atoms with Crippen LogP contribution >= 0.6 is 0 Å². The Hall–Kier alpha value is -3.21. The van der Waals surface area contributed by atoms with Crippen LogP contribution in [0.1, 0.15) is 55.2 Å². The molecule has 2 aromatic rings. The van der Waals surface area contributed by atoms with Crippen LogP contribution in [0.25, 0.3) is 0 Å². The van der Waals surface area contributed by atoms with Crippen LogP contribution in [0.3, 0.4) is 0 Å². The molecule has 2 heterocycles. The van der Waals surface area contributed by atoms with Crippen LogP contribution in [0, 0.1) is 24.2 Å². The maximum absolute atomic E-state index is 13.2. The molecule has 0 spiro atoms. The van der Waals surface area contributed by atoms with Crippen molar-refractivity contribution in [1.29, 1.82) is 5.26 Å². The van der Waals surface area contributed by atoms with Crippen molar-refractivity contribution < 1.29 is 18.0 Å². The fraction of sp³-hybridized carbons (Fsp3) is 0.500. The quantitative estimate of drug-likeness (QED) is 0.532. The largest absolute Gasteiger partial charge is 0.417 e. The standard InChI is InChI=1S/C28H33F3N4O/c1-20-2-7-25(8-3-20)34-14-10-21(11-15-34)4-9-27(36)35-16-12-23(13-17-35)33-24-6-5-22(19-32)26(18-24)28(29,30)31/h2-3,5-8,18,21,23,33H,4,9-17H2,1H3. The first-order valence-electron chi connectivity index (χ1n) is 12.7. The summed E-state index contributed by atoms with van der Waals surface area (Å²) in [5.41, 5.74) is 1.57. The molecule has 2 fully saturated rings. The lowest BCUT2D eigenvalue weighted by Crippen LogP contribution is -2.42. The molecule has 2 aliphatic heterocycles. The fourth-order valence-electron chi connectivity index (χ4n) is 5.20. The molecule has 2 aliphatic rings. The Morgan fingerprint density at radius 1 is 1.03 bits per heavy atom. The smallest absolute Gasteiger partial charge is 0.382 e. The number of aryl methyl sites for hydroxylation is 1. The number of anilines is 2. The van der Waals surface area contributed by atoms with Gasteiger partial charge in [0.05, 0.1) is 17.2 Å². The van der Waals surface area contributed by atoms with E-state index in [0.29, 0.717) is 44.0 Å². The van der Waals surface area contributed by atoms with Crippen LogP contribution in [0.15, 0.2) is 42.5 Å². The minimum atomic E-state index is -4.57. The van der Waals surface area contributed by atoms with E-state index in [1.54, 1.807) is 6.07 Å². The van der Waals surface area contributed by atoms with E-state index >= 15 is 0 Å². The van der Waals surface area contributed by atoms with Gasteiger partial charge in [0, 0.05) is 50.0 Å². The Labute approximate surface area is 210 Å². The van der Waals surface area contributed by atoms with Gasteiger partial charge in [0.1, 0.15) is 0 Å². The molecule has 2 aromatic carbocycles. The number of nitriles is 1. The highest BCUT2D eigenvalue weighted by atomic mass is 19.4. The molecule has 0 atom stereocenters. The van der Waals surface area contributed by atoms with Crippen molar-refractivity contribution in [2.75, 3.05) is 36.4 Å². The van der Waals surface area contributed by atoms with Crippen LogP contribution < -0.4 is 10.2 Å². The molecular formula is C28H33F3N4O. The van der Waals surface area contributed by atoms with Gasteiger partial charge in [0.15, 0.2) is 0 Å². The molecule has 8 heteroatoms. The Bertz CT molecular complexity index is 1080. The molecule has 36 heavy (non-hydrogen) atoms. The number of benzene rings is 2. The first kappa shape index (κ1) is 25.9. The SMILES string of the molecule is Cc1ccc(N2CCC(CCC(=O)N3CCC(Nc4ccc(C#N)c(C(F)(F)F)c4)CC3)CC2)cc1. The van der Waals surface area contributed by atoms with Crippen molar-refractivity contribution in [3.63, 3.8) is 0 Å². The maximum Gasteiger partial charge on any atom is 0.417 e. The molecule has 0 aliphatic carbocycles. The van der Waals surface area contributed by atoms with Crippen LogP contribution in [0.4, 0.5) is 24.5 Å². The van der Waals surface area contributed by atoms with Gasteiger partial charge in [-0.05, 0) is 75.3 Å². The Morgan fingerprint density at radius 3 is 2.31 bits per heavy atom. The third-order valence-corrected chi connectivity index (χ3v) is 7.44. The molecule has 192 valence electrons. The number of alkyl halides is 3. The number of carbonyl (C=O) groups is 1. The van der Waals surface area contributed by atoms with Crippen LogP contribution in [0.5, 0.6) is 0 Å². The van der Waals surface area contributed by atoms with Crippen molar-refractivity contribution >= 4 is 17.3 Å². The number of amides is 1.